The molecule has 1 fully saturated rings. The number of para-hydroxylation sites is 1. The van der Waals surface area contributed by atoms with Crippen LogP contribution in [0.4, 0.5) is 5.69 Å². The van der Waals surface area contributed by atoms with E-state index in [1.165, 1.54) is 5.56 Å². The number of benzene rings is 1. The molecular formula is C13H16N2O. The van der Waals surface area contributed by atoms with Gasteiger partial charge >= 0.3 is 0 Å². The summed E-state index contributed by atoms with van der Waals surface area (Å²) in [5.41, 5.74) is 2.64. The number of anilines is 1. The van der Waals surface area contributed by atoms with Crippen molar-refractivity contribution < 1.29 is 4.79 Å². The molecular weight excluding hydrogens is 200 g/mol. The van der Waals surface area contributed by atoms with Crippen molar-refractivity contribution in [2.75, 3.05) is 31.6 Å². The van der Waals surface area contributed by atoms with E-state index in [1.807, 2.05) is 11.0 Å². The first kappa shape index (κ1) is 9.85. The third kappa shape index (κ3) is 1.21. The predicted molar refractivity (Wildman–Crippen MR) is 63.6 cm³/mol. The smallest absolute Gasteiger partial charge is 0.214 e. The Morgan fingerprint density at radius 1 is 1.31 bits per heavy atom. The lowest BCUT2D eigenvalue weighted by molar-refractivity contribution is -0.107. The maximum atomic E-state index is 11.1. The number of fused-ring (bicyclic) bond motifs is 2. The van der Waals surface area contributed by atoms with Crippen molar-refractivity contribution in [3.8, 4) is 0 Å². The molecule has 0 radical (unpaired) electrons. The molecule has 3 rings (SSSR count). The monoisotopic (exact) mass is 216 g/mol. The van der Waals surface area contributed by atoms with Gasteiger partial charge in [-0.25, -0.2) is 0 Å². The summed E-state index contributed by atoms with van der Waals surface area (Å²) in [4.78, 5) is 15.3. The molecule has 3 heteroatoms. The van der Waals surface area contributed by atoms with Crippen molar-refractivity contribution in [3.63, 3.8) is 0 Å². The van der Waals surface area contributed by atoms with Gasteiger partial charge in [-0.1, -0.05) is 18.2 Å². The first-order valence-electron chi connectivity index (χ1n) is 5.75. The second kappa shape index (κ2) is 3.32. The minimum Gasteiger partial charge on any atom is -0.314 e. The molecule has 84 valence electrons. The van der Waals surface area contributed by atoms with E-state index in [2.05, 4.69) is 30.1 Å². The van der Waals surface area contributed by atoms with Crippen LogP contribution in [0, 0.1) is 0 Å². The molecule has 2 aliphatic heterocycles. The van der Waals surface area contributed by atoms with Crippen molar-refractivity contribution in [1.29, 1.82) is 0 Å². The first-order chi connectivity index (χ1) is 7.75. The largest absolute Gasteiger partial charge is 0.314 e. The Labute approximate surface area is 95.7 Å². The van der Waals surface area contributed by atoms with Crippen LogP contribution in [0.1, 0.15) is 12.0 Å². The summed E-state index contributed by atoms with van der Waals surface area (Å²) in [6, 6.07) is 8.31. The van der Waals surface area contributed by atoms with Gasteiger partial charge in [0.2, 0.25) is 6.41 Å². The van der Waals surface area contributed by atoms with Crippen LogP contribution in [0.5, 0.6) is 0 Å². The first-order valence-corrected chi connectivity index (χ1v) is 5.75. The molecule has 1 amide bonds. The molecule has 1 saturated heterocycles. The lowest BCUT2D eigenvalue weighted by atomic mass is 9.82. The second-order valence-corrected chi connectivity index (χ2v) is 5.02. The Balaban J connectivity index is 2.09. The summed E-state index contributed by atoms with van der Waals surface area (Å²) in [5, 5.41) is 0. The number of rotatable bonds is 1. The van der Waals surface area contributed by atoms with Crippen LogP contribution in [0.15, 0.2) is 24.3 Å². The number of hydrogen-bond acceptors (Lipinski definition) is 2. The van der Waals surface area contributed by atoms with Gasteiger partial charge in [-0.15, -0.1) is 0 Å². The number of likely N-dealkylation sites (N-methyl/N-ethyl adjacent to an activating group) is 1. The van der Waals surface area contributed by atoms with Crippen molar-refractivity contribution in [1.82, 2.24) is 4.90 Å². The Kier molecular flexibility index (Phi) is 2.04. The average molecular weight is 216 g/mol. The van der Waals surface area contributed by atoms with E-state index >= 15 is 0 Å². The van der Waals surface area contributed by atoms with Crippen LogP contribution < -0.4 is 4.90 Å². The number of hydrogen-bond donors (Lipinski definition) is 0. The molecule has 0 N–H and O–H groups in total. The number of amides is 1. The molecule has 2 heterocycles. The van der Waals surface area contributed by atoms with E-state index in [9.17, 15) is 4.79 Å². The van der Waals surface area contributed by atoms with Crippen LogP contribution in [-0.4, -0.2) is 38.0 Å². The predicted octanol–water partition coefficient (Wildman–Crippen LogP) is 1.24. The third-order valence-corrected chi connectivity index (χ3v) is 3.93. The standard InChI is InChI=1S/C13H16N2O/c1-14-7-6-13(8-14)9-15(10-16)12-5-3-2-4-11(12)13/h2-5,10H,6-9H2,1H3. The maximum absolute atomic E-state index is 11.1. The Hall–Kier alpha value is -1.35. The van der Waals surface area contributed by atoms with Crippen molar-refractivity contribution in [3.05, 3.63) is 29.8 Å². The summed E-state index contributed by atoms with van der Waals surface area (Å²) >= 11 is 0. The minimum atomic E-state index is 0.187. The molecule has 1 spiro atoms. The highest BCUT2D eigenvalue weighted by molar-refractivity contribution is 5.81. The third-order valence-electron chi connectivity index (χ3n) is 3.93. The van der Waals surface area contributed by atoms with E-state index in [1.54, 1.807) is 0 Å². The fraction of sp³-hybridized carbons (Fsp3) is 0.462. The van der Waals surface area contributed by atoms with E-state index in [-0.39, 0.29) is 5.41 Å². The zero-order valence-electron chi connectivity index (χ0n) is 9.52. The van der Waals surface area contributed by atoms with E-state index < -0.39 is 0 Å². The Morgan fingerprint density at radius 3 is 2.81 bits per heavy atom. The van der Waals surface area contributed by atoms with Crippen LogP contribution in [0.2, 0.25) is 0 Å². The zero-order chi connectivity index (χ0) is 11.2. The summed E-state index contributed by atoms with van der Waals surface area (Å²) in [6.45, 7) is 3.04. The number of carbonyl (C=O) groups is 1. The maximum Gasteiger partial charge on any atom is 0.214 e. The number of carbonyl (C=O) groups excluding carboxylic acids is 1. The van der Waals surface area contributed by atoms with Crippen LogP contribution in [0.3, 0.4) is 0 Å². The molecule has 1 aromatic carbocycles. The van der Waals surface area contributed by atoms with Crippen LogP contribution in [-0.2, 0) is 10.2 Å². The molecule has 1 atom stereocenters. The van der Waals surface area contributed by atoms with E-state index in [0.29, 0.717) is 0 Å². The van der Waals surface area contributed by atoms with Gasteiger partial charge < -0.3 is 9.80 Å². The van der Waals surface area contributed by atoms with Gasteiger partial charge in [-0.3, -0.25) is 4.79 Å². The lowest BCUT2D eigenvalue weighted by Gasteiger charge is -2.23. The minimum absolute atomic E-state index is 0.187. The molecule has 0 aromatic heterocycles. The summed E-state index contributed by atoms with van der Waals surface area (Å²) in [5.74, 6) is 0. The summed E-state index contributed by atoms with van der Waals surface area (Å²) in [7, 11) is 2.15. The molecule has 2 aliphatic rings. The van der Waals surface area contributed by atoms with Gasteiger partial charge in [-0.2, -0.15) is 0 Å². The van der Waals surface area contributed by atoms with E-state index in [0.717, 1.165) is 38.2 Å². The van der Waals surface area contributed by atoms with Crippen LogP contribution >= 0.6 is 0 Å². The second-order valence-electron chi connectivity index (χ2n) is 5.02. The van der Waals surface area contributed by atoms with Crippen molar-refractivity contribution >= 4 is 12.1 Å². The van der Waals surface area contributed by atoms with Crippen molar-refractivity contribution in [2.24, 2.45) is 0 Å². The molecule has 1 aromatic rings. The van der Waals surface area contributed by atoms with Crippen molar-refractivity contribution in [2.45, 2.75) is 11.8 Å². The van der Waals surface area contributed by atoms with Gasteiger partial charge in [0.05, 0.1) is 0 Å². The Bertz CT molecular complexity index is 432. The molecule has 0 bridgehead atoms. The number of nitrogens with zero attached hydrogens (tertiary/aromatic N) is 2. The quantitative estimate of drug-likeness (QED) is 0.659. The molecule has 3 nitrogen and oxygen atoms in total. The Morgan fingerprint density at radius 2 is 2.12 bits per heavy atom. The topological polar surface area (TPSA) is 23.6 Å². The lowest BCUT2D eigenvalue weighted by Crippen LogP contribution is -2.35. The highest BCUT2D eigenvalue weighted by Crippen LogP contribution is 2.45. The average Bonchev–Trinajstić information content (AvgIpc) is 2.83. The van der Waals surface area contributed by atoms with Gasteiger partial charge in [0.15, 0.2) is 0 Å². The summed E-state index contributed by atoms with van der Waals surface area (Å²) in [6.07, 6.45) is 2.12. The van der Waals surface area contributed by atoms with Gasteiger partial charge in [0.1, 0.15) is 0 Å². The van der Waals surface area contributed by atoms with Gasteiger partial charge in [-0.05, 0) is 31.6 Å². The highest BCUT2D eigenvalue weighted by atomic mass is 16.1. The van der Waals surface area contributed by atoms with E-state index in [4.69, 9.17) is 0 Å². The fourth-order valence-electron chi connectivity index (χ4n) is 3.19. The zero-order valence-corrected chi connectivity index (χ0v) is 9.52. The number of likely N-dealkylation sites (tertiary alicyclic amines) is 1. The SMILES string of the molecule is CN1CCC2(C1)CN(C=O)c1ccccc12. The van der Waals surface area contributed by atoms with Crippen LogP contribution in [0.25, 0.3) is 0 Å². The summed E-state index contributed by atoms with van der Waals surface area (Å²) < 4.78 is 0. The molecule has 0 saturated carbocycles. The van der Waals surface area contributed by atoms with Gasteiger partial charge in [0.25, 0.3) is 0 Å². The molecule has 1 unspecified atom stereocenters. The normalized spacial score (nSPS) is 28.7. The van der Waals surface area contributed by atoms with Gasteiger partial charge in [0, 0.05) is 24.2 Å². The molecule has 0 aliphatic carbocycles. The molecule has 16 heavy (non-hydrogen) atoms. The fourth-order valence-corrected chi connectivity index (χ4v) is 3.19. The highest BCUT2D eigenvalue weighted by Gasteiger charge is 2.46.